The largest absolute Gasteiger partial charge is 0.469 e. The second kappa shape index (κ2) is 14.2. The molecule has 2 amide bonds. The standard InChI is InChI=1S/C25H26F3N5O5S/c1-15(34)33(29-13-16-7-5-11-20(27)22(16)28)17(8-6-12-21(35)37-2)14-38-25(36)30-24-32-31-23(39-24)18-9-3-4-10-19(18)26/h3-5,7,9-11,17,29H,6,8,12-14H2,1-2H3,(H,30,32,36)/t17-/m0/s1. The number of aromatic nitrogens is 2. The average Bonchev–Trinajstić information content (AvgIpc) is 3.37. The van der Waals surface area contributed by atoms with Gasteiger partial charge in [-0.25, -0.2) is 23.4 Å². The smallest absolute Gasteiger partial charge is 0.413 e. The van der Waals surface area contributed by atoms with Crippen LogP contribution >= 0.6 is 11.3 Å². The van der Waals surface area contributed by atoms with E-state index in [-0.39, 0.29) is 53.7 Å². The van der Waals surface area contributed by atoms with Crippen LogP contribution in [0.15, 0.2) is 42.5 Å². The van der Waals surface area contributed by atoms with Crippen molar-refractivity contribution < 1.29 is 37.0 Å². The fourth-order valence-electron chi connectivity index (χ4n) is 3.54. The van der Waals surface area contributed by atoms with Gasteiger partial charge in [0.2, 0.25) is 11.0 Å². The van der Waals surface area contributed by atoms with E-state index in [2.05, 4.69) is 25.7 Å². The lowest BCUT2D eigenvalue weighted by Crippen LogP contribution is -2.50. The SMILES string of the molecule is COC(=O)CCC[C@@H](COC(=O)Nc1nnc(-c2ccccc2F)s1)N(NCc1cccc(F)c1F)C(C)=O. The first-order valence-electron chi connectivity index (χ1n) is 11.7. The van der Waals surface area contributed by atoms with E-state index < -0.39 is 41.5 Å². The van der Waals surface area contributed by atoms with Crippen molar-refractivity contribution in [2.75, 3.05) is 19.0 Å². The van der Waals surface area contributed by atoms with Crippen molar-refractivity contribution >= 4 is 34.4 Å². The Morgan fingerprint density at radius 2 is 1.79 bits per heavy atom. The topological polar surface area (TPSA) is 123 Å². The van der Waals surface area contributed by atoms with Gasteiger partial charge in [-0.05, 0) is 31.0 Å². The summed E-state index contributed by atoms with van der Waals surface area (Å²) in [5.41, 5.74) is 2.95. The number of amides is 2. The van der Waals surface area contributed by atoms with E-state index in [1.165, 1.54) is 44.4 Å². The highest BCUT2D eigenvalue weighted by atomic mass is 32.1. The Labute approximate surface area is 226 Å². The predicted octanol–water partition coefficient (Wildman–Crippen LogP) is 4.44. The average molecular weight is 566 g/mol. The minimum Gasteiger partial charge on any atom is -0.469 e. The minimum atomic E-state index is -1.06. The third-order valence-corrected chi connectivity index (χ3v) is 6.34. The molecular weight excluding hydrogens is 539 g/mol. The predicted molar refractivity (Wildman–Crippen MR) is 136 cm³/mol. The summed E-state index contributed by atoms with van der Waals surface area (Å²) in [7, 11) is 1.25. The number of hydrogen-bond donors (Lipinski definition) is 2. The molecule has 0 unspecified atom stereocenters. The molecule has 0 fully saturated rings. The zero-order chi connectivity index (χ0) is 28.4. The van der Waals surface area contributed by atoms with Crippen LogP contribution in [0, 0.1) is 17.5 Å². The van der Waals surface area contributed by atoms with E-state index in [0.29, 0.717) is 0 Å². The number of anilines is 1. The fraction of sp³-hybridized carbons (Fsp3) is 0.320. The number of esters is 1. The summed E-state index contributed by atoms with van der Waals surface area (Å²) in [6, 6.07) is 8.85. The summed E-state index contributed by atoms with van der Waals surface area (Å²) in [5.74, 6) is -3.53. The maximum atomic E-state index is 14.1. The summed E-state index contributed by atoms with van der Waals surface area (Å²) in [4.78, 5) is 36.4. The summed E-state index contributed by atoms with van der Waals surface area (Å²) in [6.45, 7) is 0.699. The molecule has 0 radical (unpaired) electrons. The van der Waals surface area contributed by atoms with Crippen LogP contribution in [0.2, 0.25) is 0 Å². The molecule has 208 valence electrons. The summed E-state index contributed by atoms with van der Waals surface area (Å²) in [6.07, 6.45) is -0.377. The van der Waals surface area contributed by atoms with E-state index in [0.717, 1.165) is 22.4 Å². The molecule has 0 spiro atoms. The van der Waals surface area contributed by atoms with Gasteiger partial charge in [-0.2, -0.15) is 0 Å². The molecule has 3 rings (SSSR count). The molecule has 2 N–H and O–H groups in total. The van der Waals surface area contributed by atoms with E-state index in [1.807, 2.05) is 0 Å². The van der Waals surface area contributed by atoms with Crippen LogP contribution in [0.1, 0.15) is 31.7 Å². The van der Waals surface area contributed by atoms with Crippen LogP contribution in [-0.4, -0.2) is 52.9 Å². The Kier molecular flexibility index (Phi) is 10.8. The Morgan fingerprint density at radius 3 is 2.51 bits per heavy atom. The lowest BCUT2D eigenvalue weighted by molar-refractivity contribution is -0.140. The summed E-state index contributed by atoms with van der Waals surface area (Å²) >= 11 is 0.933. The van der Waals surface area contributed by atoms with E-state index in [1.54, 1.807) is 6.07 Å². The van der Waals surface area contributed by atoms with Crippen LogP contribution < -0.4 is 10.7 Å². The molecular formula is C25H26F3N5O5S. The van der Waals surface area contributed by atoms with E-state index in [4.69, 9.17) is 4.74 Å². The Bertz CT molecular complexity index is 1310. The summed E-state index contributed by atoms with van der Waals surface area (Å²) < 4.78 is 51.6. The van der Waals surface area contributed by atoms with Crippen molar-refractivity contribution in [3.05, 3.63) is 65.5 Å². The van der Waals surface area contributed by atoms with Crippen LogP contribution in [-0.2, 0) is 25.6 Å². The zero-order valence-electron chi connectivity index (χ0n) is 21.1. The molecule has 0 aliphatic rings. The van der Waals surface area contributed by atoms with Gasteiger partial charge in [-0.1, -0.05) is 35.6 Å². The normalized spacial score (nSPS) is 11.5. The van der Waals surface area contributed by atoms with Gasteiger partial charge in [-0.3, -0.25) is 19.9 Å². The van der Waals surface area contributed by atoms with E-state index in [9.17, 15) is 27.6 Å². The third kappa shape index (κ3) is 8.48. The molecule has 14 heteroatoms. The molecule has 39 heavy (non-hydrogen) atoms. The van der Waals surface area contributed by atoms with Crippen LogP contribution in [0.5, 0.6) is 0 Å². The maximum absolute atomic E-state index is 14.1. The molecule has 1 aromatic heterocycles. The van der Waals surface area contributed by atoms with Gasteiger partial charge in [0.25, 0.3) is 0 Å². The van der Waals surface area contributed by atoms with Gasteiger partial charge >= 0.3 is 12.1 Å². The lowest BCUT2D eigenvalue weighted by atomic mass is 10.1. The number of nitrogens with one attached hydrogen (secondary N) is 2. The Morgan fingerprint density at radius 1 is 1.05 bits per heavy atom. The van der Waals surface area contributed by atoms with Gasteiger partial charge in [0.05, 0.1) is 13.2 Å². The highest BCUT2D eigenvalue weighted by Crippen LogP contribution is 2.28. The monoisotopic (exact) mass is 565 g/mol. The van der Waals surface area contributed by atoms with Gasteiger partial charge in [0.1, 0.15) is 12.4 Å². The third-order valence-electron chi connectivity index (χ3n) is 5.47. The molecule has 1 heterocycles. The van der Waals surface area contributed by atoms with Crippen LogP contribution in [0.4, 0.5) is 23.1 Å². The second-order valence-corrected chi connectivity index (χ2v) is 9.15. The first-order valence-corrected chi connectivity index (χ1v) is 12.6. The zero-order valence-corrected chi connectivity index (χ0v) is 21.9. The van der Waals surface area contributed by atoms with Gasteiger partial charge in [0.15, 0.2) is 16.6 Å². The highest BCUT2D eigenvalue weighted by Gasteiger charge is 2.24. The molecule has 0 aliphatic heterocycles. The molecule has 0 bridgehead atoms. The van der Waals surface area contributed by atoms with Gasteiger partial charge in [0, 0.05) is 31.0 Å². The van der Waals surface area contributed by atoms with Crippen LogP contribution in [0.3, 0.4) is 0 Å². The molecule has 10 nitrogen and oxygen atoms in total. The Balaban J connectivity index is 1.66. The molecule has 3 aromatic rings. The molecule has 0 saturated carbocycles. The lowest BCUT2D eigenvalue weighted by Gasteiger charge is -2.31. The van der Waals surface area contributed by atoms with Gasteiger partial charge < -0.3 is 9.47 Å². The highest BCUT2D eigenvalue weighted by molar-refractivity contribution is 7.18. The summed E-state index contributed by atoms with van der Waals surface area (Å²) in [5, 5.41) is 11.5. The van der Waals surface area contributed by atoms with E-state index >= 15 is 0 Å². The minimum absolute atomic E-state index is 0.0184. The molecule has 1 atom stereocenters. The number of hydrogen-bond acceptors (Lipinski definition) is 9. The van der Waals surface area contributed by atoms with Crippen molar-refractivity contribution in [3.8, 4) is 10.6 Å². The van der Waals surface area contributed by atoms with Crippen molar-refractivity contribution in [3.63, 3.8) is 0 Å². The molecule has 0 saturated heterocycles. The molecule has 2 aromatic carbocycles. The van der Waals surface area contributed by atoms with Crippen molar-refractivity contribution in [1.29, 1.82) is 0 Å². The van der Waals surface area contributed by atoms with Crippen LogP contribution in [0.25, 0.3) is 10.6 Å². The number of benzene rings is 2. The van der Waals surface area contributed by atoms with Crippen molar-refractivity contribution in [2.45, 2.75) is 38.8 Å². The number of carbonyl (C=O) groups excluding carboxylic acids is 3. The quantitative estimate of drug-likeness (QED) is 0.244. The second-order valence-electron chi connectivity index (χ2n) is 8.17. The first-order chi connectivity index (χ1) is 18.7. The number of rotatable bonds is 12. The first kappa shape index (κ1) is 29.5. The number of carbonyl (C=O) groups is 3. The maximum Gasteiger partial charge on any atom is 0.413 e. The number of nitrogens with zero attached hydrogens (tertiary/aromatic N) is 3. The number of methoxy groups -OCH3 is 1. The number of hydrazine groups is 1. The van der Waals surface area contributed by atoms with Crippen molar-refractivity contribution in [1.82, 2.24) is 20.6 Å². The molecule has 0 aliphatic carbocycles. The number of ether oxygens (including phenoxy) is 2. The number of halogens is 3. The van der Waals surface area contributed by atoms with Gasteiger partial charge in [-0.15, -0.1) is 10.2 Å². The Hall–Kier alpha value is -4.04. The van der Waals surface area contributed by atoms with Crippen molar-refractivity contribution in [2.24, 2.45) is 0 Å². The fourth-order valence-corrected chi connectivity index (χ4v) is 4.29.